The quantitative estimate of drug-likeness (QED) is 0.841. The van der Waals surface area contributed by atoms with Gasteiger partial charge in [0.25, 0.3) is 0 Å². The first-order valence-electron chi connectivity index (χ1n) is 5.39. The van der Waals surface area contributed by atoms with Crippen molar-refractivity contribution in [1.29, 1.82) is 0 Å². The number of rotatable bonds is 2. The molecule has 0 bridgehead atoms. The number of nitrogens with zero attached hydrogens (tertiary/aromatic N) is 1. The van der Waals surface area contributed by atoms with Crippen molar-refractivity contribution >= 4 is 5.97 Å². The average molecular weight is 225 g/mol. The van der Waals surface area contributed by atoms with E-state index < -0.39 is 11.4 Å². The zero-order valence-corrected chi connectivity index (χ0v) is 10.4. The van der Waals surface area contributed by atoms with E-state index in [0.717, 1.165) is 5.69 Å². The first-order valence-corrected chi connectivity index (χ1v) is 5.39. The molecule has 0 fully saturated rings. The maximum Gasteiger partial charge on any atom is 0.341 e. The number of aromatic nitrogens is 1. The van der Waals surface area contributed by atoms with Crippen LogP contribution in [0.5, 0.6) is 0 Å². The first-order chi connectivity index (χ1) is 7.43. The summed E-state index contributed by atoms with van der Waals surface area (Å²) in [5.74, 6) is -1.18. The maximum absolute atomic E-state index is 11.3. The molecule has 4 heteroatoms. The van der Waals surface area contributed by atoms with Crippen molar-refractivity contribution in [2.45, 2.75) is 40.7 Å². The molecule has 0 aliphatic rings. The Morgan fingerprint density at radius 1 is 1.38 bits per heavy atom. The number of carbonyl (C=O) groups is 1. The summed E-state index contributed by atoms with van der Waals surface area (Å²) in [4.78, 5) is 22.0. The van der Waals surface area contributed by atoms with E-state index in [4.69, 9.17) is 5.11 Å². The molecule has 0 spiro atoms. The lowest BCUT2D eigenvalue weighted by molar-refractivity contribution is 0.0694. The van der Waals surface area contributed by atoms with Crippen molar-refractivity contribution in [3.63, 3.8) is 0 Å². The van der Waals surface area contributed by atoms with Crippen molar-refractivity contribution in [1.82, 2.24) is 4.57 Å². The normalized spacial score (nSPS) is 9.62. The molecule has 0 aliphatic heterocycles. The van der Waals surface area contributed by atoms with Crippen LogP contribution in [0.25, 0.3) is 0 Å². The summed E-state index contributed by atoms with van der Waals surface area (Å²) >= 11 is 0. The number of pyridine rings is 1. The molecule has 1 heterocycles. The Bertz CT molecular complexity index is 419. The molecular weight excluding hydrogens is 206 g/mol. The van der Waals surface area contributed by atoms with Crippen LogP contribution in [0.2, 0.25) is 0 Å². The fourth-order valence-corrected chi connectivity index (χ4v) is 1.36. The number of aromatic carboxylic acids is 1. The smallest absolute Gasteiger partial charge is 0.341 e. The van der Waals surface area contributed by atoms with Crippen molar-refractivity contribution in [3.05, 3.63) is 33.7 Å². The van der Waals surface area contributed by atoms with Gasteiger partial charge >= 0.3 is 5.97 Å². The molecule has 1 aromatic heterocycles. The monoisotopic (exact) mass is 225 g/mol. The second kappa shape index (κ2) is 6.10. The molecule has 90 valence electrons. The van der Waals surface area contributed by atoms with Gasteiger partial charge in [0.15, 0.2) is 5.43 Å². The molecule has 16 heavy (non-hydrogen) atoms. The van der Waals surface area contributed by atoms with Crippen LogP contribution in [-0.2, 0) is 0 Å². The Hall–Kier alpha value is -1.58. The molecule has 1 N–H and O–H groups in total. The van der Waals surface area contributed by atoms with Gasteiger partial charge in [-0.05, 0) is 20.8 Å². The van der Waals surface area contributed by atoms with Gasteiger partial charge in [0.1, 0.15) is 5.56 Å². The summed E-state index contributed by atoms with van der Waals surface area (Å²) in [6.07, 6.45) is 1.39. The molecule has 0 radical (unpaired) electrons. The van der Waals surface area contributed by atoms with Crippen LogP contribution in [0.15, 0.2) is 17.1 Å². The van der Waals surface area contributed by atoms with Crippen molar-refractivity contribution in [2.75, 3.05) is 0 Å². The summed E-state index contributed by atoms with van der Waals surface area (Å²) in [7, 11) is 0. The van der Waals surface area contributed by atoms with Gasteiger partial charge in [-0.2, -0.15) is 0 Å². The molecule has 0 amide bonds. The Morgan fingerprint density at radius 3 is 2.25 bits per heavy atom. The summed E-state index contributed by atoms with van der Waals surface area (Å²) in [6, 6.07) is 1.50. The van der Waals surface area contributed by atoms with E-state index in [1.807, 2.05) is 27.7 Å². The summed E-state index contributed by atoms with van der Waals surface area (Å²) in [6.45, 7) is 9.65. The molecular formula is C12H19NO3. The minimum absolute atomic E-state index is 0.147. The highest BCUT2D eigenvalue weighted by Crippen LogP contribution is 2.08. The lowest BCUT2D eigenvalue weighted by Gasteiger charge is -2.14. The summed E-state index contributed by atoms with van der Waals surface area (Å²) < 4.78 is 1.77. The zero-order chi connectivity index (χ0) is 12.9. The van der Waals surface area contributed by atoms with Gasteiger partial charge in [0.2, 0.25) is 0 Å². The second-order valence-electron chi connectivity index (χ2n) is 3.50. The lowest BCUT2D eigenvalue weighted by atomic mass is 10.2. The van der Waals surface area contributed by atoms with E-state index in [1.165, 1.54) is 12.3 Å². The Morgan fingerprint density at radius 2 is 1.88 bits per heavy atom. The first kappa shape index (κ1) is 14.4. The van der Waals surface area contributed by atoms with Gasteiger partial charge in [0.05, 0.1) is 0 Å². The molecule has 0 saturated carbocycles. The third-order valence-corrected chi connectivity index (χ3v) is 2.07. The van der Waals surface area contributed by atoms with Crippen LogP contribution < -0.4 is 5.43 Å². The van der Waals surface area contributed by atoms with Gasteiger partial charge in [-0.25, -0.2) is 4.79 Å². The van der Waals surface area contributed by atoms with Crippen LogP contribution in [0.4, 0.5) is 0 Å². The number of carboxylic acid groups (broad SMARTS) is 1. The molecule has 0 atom stereocenters. The van der Waals surface area contributed by atoms with E-state index in [0.29, 0.717) is 0 Å². The Labute approximate surface area is 95.5 Å². The van der Waals surface area contributed by atoms with E-state index >= 15 is 0 Å². The number of hydrogen-bond acceptors (Lipinski definition) is 2. The SMILES string of the molecule is CC.Cc1cc(=O)c(C(=O)O)cn1C(C)C. The van der Waals surface area contributed by atoms with Gasteiger partial charge in [-0.15, -0.1) is 0 Å². The molecule has 0 aromatic carbocycles. The Balaban J connectivity index is 0.00000106. The van der Waals surface area contributed by atoms with Gasteiger partial charge in [-0.1, -0.05) is 13.8 Å². The van der Waals surface area contributed by atoms with Crippen molar-refractivity contribution in [3.8, 4) is 0 Å². The number of aryl methyl sites for hydroxylation is 1. The molecule has 0 unspecified atom stereocenters. The Kier molecular flexibility index (Phi) is 5.50. The number of carboxylic acids is 1. The van der Waals surface area contributed by atoms with Gasteiger partial charge < -0.3 is 9.67 Å². The molecule has 0 aliphatic carbocycles. The highest BCUT2D eigenvalue weighted by atomic mass is 16.4. The maximum atomic E-state index is 11.3. The molecule has 1 rings (SSSR count). The van der Waals surface area contributed by atoms with Crippen molar-refractivity contribution in [2.24, 2.45) is 0 Å². The van der Waals surface area contributed by atoms with Crippen LogP contribution in [-0.4, -0.2) is 15.6 Å². The standard InChI is InChI=1S/C10H13NO3.C2H6/c1-6(2)11-5-8(10(13)14)9(12)4-7(11)3;1-2/h4-6H,1-3H3,(H,13,14);1-2H3. The van der Waals surface area contributed by atoms with Gasteiger partial charge in [-0.3, -0.25) is 4.79 Å². The molecule has 0 saturated heterocycles. The fourth-order valence-electron chi connectivity index (χ4n) is 1.36. The topological polar surface area (TPSA) is 59.3 Å². The van der Waals surface area contributed by atoms with E-state index in [1.54, 1.807) is 11.5 Å². The van der Waals surface area contributed by atoms with E-state index in [-0.39, 0.29) is 11.6 Å². The molecule has 1 aromatic rings. The van der Waals surface area contributed by atoms with Crippen LogP contribution in [0, 0.1) is 6.92 Å². The largest absolute Gasteiger partial charge is 0.477 e. The van der Waals surface area contributed by atoms with E-state index in [9.17, 15) is 9.59 Å². The van der Waals surface area contributed by atoms with E-state index in [2.05, 4.69) is 0 Å². The van der Waals surface area contributed by atoms with Crippen LogP contribution in [0.1, 0.15) is 49.8 Å². The highest BCUT2D eigenvalue weighted by molar-refractivity contribution is 5.87. The minimum atomic E-state index is -1.18. The minimum Gasteiger partial charge on any atom is -0.477 e. The summed E-state index contributed by atoms with van der Waals surface area (Å²) in [5, 5.41) is 8.75. The highest BCUT2D eigenvalue weighted by Gasteiger charge is 2.11. The second-order valence-corrected chi connectivity index (χ2v) is 3.50. The van der Waals surface area contributed by atoms with Gasteiger partial charge in [0, 0.05) is 24.0 Å². The summed E-state index contributed by atoms with van der Waals surface area (Å²) in [5.41, 5.74) is 0.159. The zero-order valence-electron chi connectivity index (χ0n) is 10.4. The predicted octanol–water partition coefficient (Wildman–Crippen LogP) is 2.46. The predicted molar refractivity (Wildman–Crippen MR) is 64.1 cm³/mol. The third kappa shape index (κ3) is 3.22. The van der Waals surface area contributed by atoms with Crippen molar-refractivity contribution < 1.29 is 9.90 Å². The molecule has 4 nitrogen and oxygen atoms in total. The van der Waals surface area contributed by atoms with Crippen LogP contribution in [0.3, 0.4) is 0 Å². The number of hydrogen-bond donors (Lipinski definition) is 1. The fraction of sp³-hybridized carbons (Fsp3) is 0.500. The lowest BCUT2D eigenvalue weighted by Crippen LogP contribution is -2.19. The third-order valence-electron chi connectivity index (χ3n) is 2.07. The average Bonchev–Trinajstić information content (AvgIpc) is 2.19. The van der Waals surface area contributed by atoms with Crippen LogP contribution >= 0.6 is 0 Å².